The summed E-state index contributed by atoms with van der Waals surface area (Å²) in [6, 6.07) is 7.16. The van der Waals surface area contributed by atoms with E-state index in [2.05, 4.69) is 5.32 Å². The highest BCUT2D eigenvalue weighted by molar-refractivity contribution is 7.99. The van der Waals surface area contributed by atoms with Gasteiger partial charge in [0.25, 0.3) is 5.91 Å². The lowest BCUT2D eigenvalue weighted by molar-refractivity contribution is 0.0948. The predicted molar refractivity (Wildman–Crippen MR) is 83.3 cm³/mol. The molecule has 1 atom stereocenters. The molecule has 2 rings (SSSR count). The number of hydrogen-bond donors (Lipinski definition) is 2. The van der Waals surface area contributed by atoms with Gasteiger partial charge in [0, 0.05) is 22.8 Å². The summed E-state index contributed by atoms with van der Waals surface area (Å²) >= 11 is 1.53. The summed E-state index contributed by atoms with van der Waals surface area (Å²) in [6.07, 6.45) is 0.624. The Hall–Kier alpha value is -1.05. The van der Waals surface area contributed by atoms with Gasteiger partial charge in [-0.1, -0.05) is 0 Å². The Bertz CT molecular complexity index is 583. The van der Waals surface area contributed by atoms with Crippen molar-refractivity contribution in [3.05, 3.63) is 29.8 Å². The lowest BCUT2D eigenvalue weighted by atomic mass is 10.1. The smallest absolute Gasteiger partial charge is 0.251 e. The number of benzene rings is 1. The van der Waals surface area contributed by atoms with Gasteiger partial charge in [0.05, 0.1) is 18.1 Å². The molecule has 1 aliphatic heterocycles. The Morgan fingerprint density at radius 2 is 2.05 bits per heavy atom. The van der Waals surface area contributed by atoms with Gasteiger partial charge in [-0.05, 0) is 36.6 Å². The first kappa shape index (κ1) is 16.3. The molecular weight excluding hydrogens is 310 g/mol. The highest BCUT2D eigenvalue weighted by Crippen LogP contribution is 2.19. The standard InChI is InChI=1S/C14H19NO4S2/c16-6-7-20-13-3-1-12(2-4-13)14(17)15-9-11-5-8-21(18,19)10-11/h1-4,11,16H,5-10H2,(H,15,17). The van der Waals surface area contributed by atoms with E-state index in [0.717, 1.165) is 4.90 Å². The van der Waals surface area contributed by atoms with Gasteiger partial charge in [0.2, 0.25) is 0 Å². The number of aliphatic hydroxyl groups is 1. The number of sulfone groups is 1. The van der Waals surface area contributed by atoms with Crippen LogP contribution >= 0.6 is 11.8 Å². The molecule has 0 aliphatic carbocycles. The van der Waals surface area contributed by atoms with Gasteiger partial charge in [-0.25, -0.2) is 8.42 Å². The summed E-state index contributed by atoms with van der Waals surface area (Å²) in [5.41, 5.74) is 0.559. The molecule has 1 aromatic rings. The molecule has 5 nitrogen and oxygen atoms in total. The monoisotopic (exact) mass is 329 g/mol. The minimum atomic E-state index is -2.90. The van der Waals surface area contributed by atoms with E-state index in [9.17, 15) is 13.2 Å². The number of amides is 1. The summed E-state index contributed by atoms with van der Waals surface area (Å²) in [5.74, 6) is 0.868. The zero-order valence-corrected chi connectivity index (χ0v) is 13.3. The van der Waals surface area contributed by atoms with Gasteiger partial charge in [0.1, 0.15) is 0 Å². The number of aliphatic hydroxyl groups excluding tert-OH is 1. The fourth-order valence-corrected chi connectivity index (χ4v) is 4.76. The fraction of sp³-hybridized carbons (Fsp3) is 0.500. The Morgan fingerprint density at radius 1 is 1.33 bits per heavy atom. The summed E-state index contributed by atoms with van der Waals surface area (Å²) in [7, 11) is -2.90. The third-order valence-corrected chi connectivity index (χ3v) is 6.18. The number of hydrogen-bond acceptors (Lipinski definition) is 5. The first-order valence-electron chi connectivity index (χ1n) is 6.82. The minimum Gasteiger partial charge on any atom is -0.396 e. The lowest BCUT2D eigenvalue weighted by Gasteiger charge is -2.10. The minimum absolute atomic E-state index is 0.0262. The quantitative estimate of drug-likeness (QED) is 0.759. The number of rotatable bonds is 6. The summed E-state index contributed by atoms with van der Waals surface area (Å²) in [4.78, 5) is 13.0. The van der Waals surface area contributed by atoms with E-state index in [1.807, 2.05) is 12.1 Å². The Balaban J connectivity index is 1.83. The van der Waals surface area contributed by atoms with Gasteiger partial charge in [-0.2, -0.15) is 0 Å². The van der Waals surface area contributed by atoms with E-state index in [1.165, 1.54) is 11.8 Å². The summed E-state index contributed by atoms with van der Waals surface area (Å²) in [5, 5.41) is 11.5. The van der Waals surface area contributed by atoms with Gasteiger partial charge in [-0.3, -0.25) is 4.79 Å². The normalized spacial score (nSPS) is 20.3. The van der Waals surface area contributed by atoms with Crippen molar-refractivity contribution in [1.29, 1.82) is 0 Å². The Kier molecular flexibility index (Phi) is 5.66. The molecule has 0 saturated carbocycles. The molecule has 0 radical (unpaired) electrons. The summed E-state index contributed by atoms with van der Waals surface area (Å²) in [6.45, 7) is 0.524. The number of nitrogens with one attached hydrogen (secondary N) is 1. The molecule has 1 aromatic carbocycles. The zero-order chi connectivity index (χ0) is 15.3. The van der Waals surface area contributed by atoms with Crippen LogP contribution in [0.1, 0.15) is 16.8 Å². The number of thioether (sulfide) groups is 1. The maximum Gasteiger partial charge on any atom is 0.251 e. The second-order valence-corrected chi connectivity index (χ2v) is 8.47. The van der Waals surface area contributed by atoms with Crippen LogP contribution in [0.25, 0.3) is 0 Å². The molecular formula is C14H19NO4S2. The molecule has 0 bridgehead atoms. The van der Waals surface area contributed by atoms with Crippen molar-refractivity contribution < 1.29 is 18.3 Å². The van der Waals surface area contributed by atoms with E-state index >= 15 is 0 Å². The average Bonchev–Trinajstić information content (AvgIpc) is 2.82. The predicted octanol–water partition coefficient (Wildman–Crippen LogP) is 0.935. The van der Waals surface area contributed by atoms with Crippen LogP contribution in [0.15, 0.2) is 29.2 Å². The molecule has 0 aromatic heterocycles. The maximum atomic E-state index is 12.0. The van der Waals surface area contributed by atoms with Crippen LogP contribution in [0.2, 0.25) is 0 Å². The van der Waals surface area contributed by atoms with Gasteiger partial charge < -0.3 is 10.4 Å². The molecule has 116 valence electrons. The van der Waals surface area contributed by atoms with E-state index < -0.39 is 9.84 Å². The van der Waals surface area contributed by atoms with Crippen molar-refractivity contribution in [2.24, 2.45) is 5.92 Å². The second-order valence-electron chi connectivity index (χ2n) is 5.08. The average molecular weight is 329 g/mol. The van der Waals surface area contributed by atoms with Crippen molar-refractivity contribution in [3.63, 3.8) is 0 Å². The first-order valence-corrected chi connectivity index (χ1v) is 9.63. The van der Waals surface area contributed by atoms with Crippen molar-refractivity contribution in [2.45, 2.75) is 11.3 Å². The molecule has 2 N–H and O–H groups in total. The van der Waals surface area contributed by atoms with Crippen LogP contribution in [0.5, 0.6) is 0 Å². The molecule has 1 amide bonds. The number of carbonyl (C=O) groups excluding carboxylic acids is 1. The van der Waals surface area contributed by atoms with Crippen LogP contribution < -0.4 is 5.32 Å². The van der Waals surface area contributed by atoms with Crippen molar-refractivity contribution in [3.8, 4) is 0 Å². The molecule has 1 aliphatic rings. The SMILES string of the molecule is O=C(NCC1CCS(=O)(=O)C1)c1ccc(SCCO)cc1. The highest BCUT2D eigenvalue weighted by Gasteiger charge is 2.27. The molecule has 21 heavy (non-hydrogen) atoms. The third-order valence-electron chi connectivity index (χ3n) is 3.35. The summed E-state index contributed by atoms with van der Waals surface area (Å²) < 4.78 is 22.7. The van der Waals surface area contributed by atoms with E-state index in [0.29, 0.717) is 24.3 Å². The zero-order valence-electron chi connectivity index (χ0n) is 11.6. The van der Waals surface area contributed by atoms with Crippen LogP contribution in [-0.4, -0.2) is 49.8 Å². The van der Waals surface area contributed by atoms with E-state index in [4.69, 9.17) is 5.11 Å². The largest absolute Gasteiger partial charge is 0.396 e. The van der Waals surface area contributed by atoms with E-state index in [-0.39, 0.29) is 29.9 Å². The fourth-order valence-electron chi connectivity index (χ4n) is 2.24. The van der Waals surface area contributed by atoms with Gasteiger partial charge in [0.15, 0.2) is 9.84 Å². The van der Waals surface area contributed by atoms with Crippen LogP contribution in [0.4, 0.5) is 0 Å². The number of carbonyl (C=O) groups is 1. The second kappa shape index (κ2) is 7.29. The maximum absolute atomic E-state index is 12.0. The lowest BCUT2D eigenvalue weighted by Crippen LogP contribution is -2.29. The van der Waals surface area contributed by atoms with Crippen molar-refractivity contribution in [2.75, 3.05) is 30.4 Å². The first-order chi connectivity index (χ1) is 10.00. The third kappa shape index (κ3) is 5.01. The van der Waals surface area contributed by atoms with Crippen molar-refractivity contribution >= 4 is 27.5 Å². The van der Waals surface area contributed by atoms with Crippen LogP contribution in [0, 0.1) is 5.92 Å². The van der Waals surface area contributed by atoms with Gasteiger partial charge >= 0.3 is 0 Å². The topological polar surface area (TPSA) is 83.5 Å². The Morgan fingerprint density at radius 3 is 2.62 bits per heavy atom. The van der Waals surface area contributed by atoms with Crippen molar-refractivity contribution in [1.82, 2.24) is 5.32 Å². The Labute approximate surface area is 129 Å². The molecule has 0 spiro atoms. The molecule has 1 fully saturated rings. The van der Waals surface area contributed by atoms with Crippen LogP contribution in [-0.2, 0) is 9.84 Å². The van der Waals surface area contributed by atoms with Crippen LogP contribution in [0.3, 0.4) is 0 Å². The van der Waals surface area contributed by atoms with Gasteiger partial charge in [-0.15, -0.1) is 11.8 Å². The molecule has 1 heterocycles. The molecule has 1 unspecified atom stereocenters. The van der Waals surface area contributed by atoms with E-state index in [1.54, 1.807) is 12.1 Å². The molecule has 7 heteroatoms. The highest BCUT2D eigenvalue weighted by atomic mass is 32.2. The molecule has 1 saturated heterocycles.